The third kappa shape index (κ3) is 3.76. The first-order valence-electron chi connectivity index (χ1n) is 10.6. The number of imidazole rings is 1. The number of carbonyl (C=O) groups is 2. The fraction of sp³-hybridized carbons (Fsp3) is 0.762. The number of piperidine rings is 1. The third-order valence-electron chi connectivity index (χ3n) is 6.95. The normalized spacial score (nSPS) is 26.0. The molecule has 3 aliphatic rings. The van der Waals surface area contributed by atoms with E-state index in [2.05, 4.69) is 14.5 Å². The third-order valence-corrected chi connectivity index (χ3v) is 6.95. The summed E-state index contributed by atoms with van der Waals surface area (Å²) < 4.78 is 2.09. The summed E-state index contributed by atoms with van der Waals surface area (Å²) in [7, 11) is 0. The van der Waals surface area contributed by atoms with E-state index >= 15 is 0 Å². The molecule has 4 rings (SSSR count). The molecule has 1 aromatic rings. The highest BCUT2D eigenvalue weighted by molar-refractivity contribution is 5.86. The molecule has 6 nitrogen and oxygen atoms in total. The highest BCUT2D eigenvalue weighted by atomic mass is 16.2. The highest BCUT2D eigenvalue weighted by Crippen LogP contribution is 2.41. The molecular weight excluding hydrogens is 340 g/mol. The second kappa shape index (κ2) is 7.64. The molecule has 0 radical (unpaired) electrons. The van der Waals surface area contributed by atoms with Crippen LogP contribution in [0, 0.1) is 18.3 Å². The van der Waals surface area contributed by atoms with E-state index in [4.69, 9.17) is 0 Å². The van der Waals surface area contributed by atoms with Crippen molar-refractivity contribution < 1.29 is 9.59 Å². The van der Waals surface area contributed by atoms with Gasteiger partial charge in [0.2, 0.25) is 11.8 Å². The number of hydrogen-bond acceptors (Lipinski definition) is 3. The number of hydrogen-bond donors (Lipinski definition) is 0. The van der Waals surface area contributed by atoms with E-state index in [0.717, 1.165) is 63.6 Å². The fourth-order valence-corrected chi connectivity index (χ4v) is 4.98. The minimum Gasteiger partial charge on any atom is -0.342 e. The van der Waals surface area contributed by atoms with Crippen LogP contribution in [0.1, 0.15) is 57.2 Å². The predicted molar refractivity (Wildman–Crippen MR) is 103 cm³/mol. The molecular formula is C21H32N4O2. The molecule has 1 aliphatic carbocycles. The summed E-state index contributed by atoms with van der Waals surface area (Å²) in [6.45, 7) is 6.04. The first kappa shape index (κ1) is 18.5. The van der Waals surface area contributed by atoms with E-state index in [1.165, 1.54) is 19.3 Å². The number of carbonyl (C=O) groups excluding carboxylic acids is 2. The zero-order valence-corrected chi connectivity index (χ0v) is 16.5. The number of rotatable bonds is 6. The van der Waals surface area contributed by atoms with Crippen LogP contribution in [0.15, 0.2) is 12.4 Å². The van der Waals surface area contributed by atoms with Crippen LogP contribution in [0.2, 0.25) is 0 Å². The van der Waals surface area contributed by atoms with Crippen LogP contribution in [0.25, 0.3) is 0 Å². The van der Waals surface area contributed by atoms with Gasteiger partial charge in [0.15, 0.2) is 0 Å². The van der Waals surface area contributed by atoms with Gasteiger partial charge in [0, 0.05) is 51.5 Å². The summed E-state index contributed by atoms with van der Waals surface area (Å²) >= 11 is 0. The molecule has 27 heavy (non-hydrogen) atoms. The lowest BCUT2D eigenvalue weighted by Gasteiger charge is -2.42. The Kier molecular flexibility index (Phi) is 5.24. The maximum absolute atomic E-state index is 13.2. The Labute approximate surface area is 161 Å². The van der Waals surface area contributed by atoms with Gasteiger partial charge in [-0.25, -0.2) is 4.98 Å². The predicted octanol–water partition coefficient (Wildman–Crippen LogP) is 2.61. The average Bonchev–Trinajstić information content (AvgIpc) is 3.22. The topological polar surface area (TPSA) is 58.4 Å². The number of aromatic nitrogens is 2. The van der Waals surface area contributed by atoms with Gasteiger partial charge in [-0.3, -0.25) is 9.59 Å². The number of aryl methyl sites for hydroxylation is 2. The van der Waals surface area contributed by atoms with Crippen LogP contribution in [0.4, 0.5) is 0 Å². The van der Waals surface area contributed by atoms with Gasteiger partial charge < -0.3 is 14.4 Å². The number of nitrogens with zero attached hydrogens (tertiary/aromatic N) is 4. The van der Waals surface area contributed by atoms with Crippen LogP contribution >= 0.6 is 0 Å². The zero-order valence-electron chi connectivity index (χ0n) is 16.5. The van der Waals surface area contributed by atoms with E-state index in [9.17, 15) is 9.59 Å². The van der Waals surface area contributed by atoms with Gasteiger partial charge in [-0.2, -0.15) is 0 Å². The molecule has 1 saturated carbocycles. The maximum Gasteiger partial charge on any atom is 0.230 e. The molecule has 2 saturated heterocycles. The van der Waals surface area contributed by atoms with Crippen molar-refractivity contribution in [1.82, 2.24) is 19.4 Å². The highest BCUT2D eigenvalue weighted by Gasteiger charge is 2.49. The second-order valence-electron chi connectivity index (χ2n) is 8.77. The Morgan fingerprint density at radius 3 is 2.81 bits per heavy atom. The minimum atomic E-state index is -0.293. The molecule has 3 heterocycles. The summed E-state index contributed by atoms with van der Waals surface area (Å²) in [5.41, 5.74) is -0.293. The Balaban J connectivity index is 1.29. The fourth-order valence-electron chi connectivity index (χ4n) is 4.98. The van der Waals surface area contributed by atoms with Gasteiger partial charge >= 0.3 is 0 Å². The molecule has 2 aliphatic heterocycles. The van der Waals surface area contributed by atoms with E-state index in [1.54, 1.807) is 6.20 Å². The van der Waals surface area contributed by atoms with Gasteiger partial charge in [-0.1, -0.05) is 6.42 Å². The van der Waals surface area contributed by atoms with Crippen molar-refractivity contribution in [3.05, 3.63) is 18.2 Å². The molecule has 148 valence electrons. The molecule has 3 fully saturated rings. The molecule has 0 unspecified atom stereocenters. The van der Waals surface area contributed by atoms with Crippen molar-refractivity contribution in [2.45, 2.75) is 64.8 Å². The van der Waals surface area contributed by atoms with Crippen LogP contribution < -0.4 is 0 Å². The number of amides is 2. The molecule has 6 heteroatoms. The standard InChI is InChI=1S/C21H32N4O2/c1-17-22-10-14-23(17)11-3-7-19(26)25-13-9-21(16-25)8-4-12-24(20(21)27)15-18-5-2-6-18/h10,14,18H,2-9,11-13,15-16H2,1H3/t21-/m0/s1. The summed E-state index contributed by atoms with van der Waals surface area (Å²) in [5, 5.41) is 0. The molecule has 0 aromatic carbocycles. The lowest BCUT2D eigenvalue weighted by Crippen LogP contribution is -2.52. The van der Waals surface area contributed by atoms with Crippen molar-refractivity contribution >= 4 is 11.8 Å². The van der Waals surface area contributed by atoms with Crippen molar-refractivity contribution in [3.8, 4) is 0 Å². The molecule has 2 amide bonds. The first-order valence-corrected chi connectivity index (χ1v) is 10.6. The zero-order chi connectivity index (χ0) is 18.9. The SMILES string of the molecule is Cc1nccn1CCCC(=O)N1CC[C@@]2(CCCN(CC3CCC3)C2=O)C1. The molecule has 0 N–H and O–H groups in total. The summed E-state index contributed by atoms with van der Waals surface area (Å²) in [6, 6.07) is 0. The van der Waals surface area contributed by atoms with Crippen molar-refractivity contribution in [2.75, 3.05) is 26.2 Å². The minimum absolute atomic E-state index is 0.202. The van der Waals surface area contributed by atoms with E-state index < -0.39 is 0 Å². The van der Waals surface area contributed by atoms with Gasteiger partial charge in [0.05, 0.1) is 5.41 Å². The Morgan fingerprint density at radius 2 is 2.11 bits per heavy atom. The monoisotopic (exact) mass is 372 g/mol. The summed E-state index contributed by atoms with van der Waals surface area (Å²) in [4.78, 5) is 34.1. The quantitative estimate of drug-likeness (QED) is 0.771. The van der Waals surface area contributed by atoms with Gasteiger partial charge in [0.1, 0.15) is 5.82 Å². The Morgan fingerprint density at radius 1 is 1.26 bits per heavy atom. The van der Waals surface area contributed by atoms with E-state index in [1.807, 2.05) is 18.0 Å². The van der Waals surface area contributed by atoms with Crippen molar-refractivity contribution in [1.29, 1.82) is 0 Å². The molecule has 1 aromatic heterocycles. The van der Waals surface area contributed by atoms with Crippen LogP contribution in [0.5, 0.6) is 0 Å². The van der Waals surface area contributed by atoms with Crippen LogP contribution in [-0.4, -0.2) is 57.3 Å². The van der Waals surface area contributed by atoms with E-state index in [-0.39, 0.29) is 11.3 Å². The summed E-state index contributed by atoms with van der Waals surface area (Å²) in [6.07, 6.45) is 11.9. The van der Waals surface area contributed by atoms with Crippen LogP contribution in [0.3, 0.4) is 0 Å². The lowest BCUT2D eigenvalue weighted by molar-refractivity contribution is -0.147. The van der Waals surface area contributed by atoms with E-state index in [0.29, 0.717) is 18.9 Å². The molecule has 0 bridgehead atoms. The second-order valence-corrected chi connectivity index (χ2v) is 8.77. The lowest BCUT2D eigenvalue weighted by atomic mass is 9.77. The van der Waals surface area contributed by atoms with Gasteiger partial charge in [0.25, 0.3) is 0 Å². The Bertz CT molecular complexity index is 696. The smallest absolute Gasteiger partial charge is 0.230 e. The maximum atomic E-state index is 13.2. The van der Waals surface area contributed by atoms with Gasteiger partial charge in [-0.15, -0.1) is 0 Å². The van der Waals surface area contributed by atoms with Crippen LogP contribution in [-0.2, 0) is 16.1 Å². The van der Waals surface area contributed by atoms with Crippen molar-refractivity contribution in [3.63, 3.8) is 0 Å². The van der Waals surface area contributed by atoms with Gasteiger partial charge in [-0.05, 0) is 51.4 Å². The largest absolute Gasteiger partial charge is 0.342 e. The number of likely N-dealkylation sites (tertiary alicyclic amines) is 2. The molecule has 1 spiro atoms. The summed E-state index contributed by atoms with van der Waals surface area (Å²) in [5.74, 6) is 2.23. The first-order chi connectivity index (χ1) is 13.1. The Hall–Kier alpha value is -1.85. The van der Waals surface area contributed by atoms with Crippen molar-refractivity contribution in [2.24, 2.45) is 11.3 Å². The molecule has 1 atom stereocenters. The average molecular weight is 373 g/mol.